The first-order valence-corrected chi connectivity index (χ1v) is 8.75. The Morgan fingerprint density at radius 3 is 2.65 bits per heavy atom. The number of halogens is 2. The second-order valence-corrected chi connectivity index (χ2v) is 7.54. The Morgan fingerprint density at radius 1 is 1.35 bits per heavy atom. The normalized spacial score (nSPS) is 20.1. The third-order valence-corrected chi connectivity index (χ3v) is 6.16. The van der Waals surface area contributed by atoms with Crippen molar-refractivity contribution in [3.05, 3.63) is 27.2 Å². The monoisotopic (exact) mass is 336 g/mol. The first-order chi connectivity index (χ1) is 9.33. The number of aryl methyl sites for hydroxylation is 1. The lowest BCUT2D eigenvalue weighted by Gasteiger charge is -2.24. The van der Waals surface area contributed by atoms with Crippen LogP contribution in [0.15, 0.2) is 11.0 Å². The molecule has 0 amide bonds. The van der Waals surface area contributed by atoms with Gasteiger partial charge in [0.15, 0.2) is 0 Å². The molecule has 1 aromatic carbocycles. The largest absolute Gasteiger partial charge is 0.315 e. The van der Waals surface area contributed by atoms with Crippen LogP contribution in [0.1, 0.15) is 24.0 Å². The van der Waals surface area contributed by atoms with E-state index in [0.29, 0.717) is 22.7 Å². The molecule has 7 heteroatoms. The summed E-state index contributed by atoms with van der Waals surface area (Å²) in [6, 6.07) is 1.57. The van der Waals surface area contributed by atoms with E-state index in [-0.39, 0.29) is 16.0 Å². The summed E-state index contributed by atoms with van der Waals surface area (Å²) in [5.74, 6) is 0. The third kappa shape index (κ3) is 3.28. The first kappa shape index (κ1) is 16.0. The standard InChI is InChI=1S/C13H18Cl2N2O2S/c1-8-6-11(14)9(2)13(12(8)15)20(18,19)17-10-4-3-5-16-7-10/h6,10,16-17H,3-5,7H2,1-2H3. The average molecular weight is 337 g/mol. The number of nitrogens with one attached hydrogen (secondary N) is 2. The van der Waals surface area contributed by atoms with Crippen LogP contribution in [0, 0.1) is 13.8 Å². The van der Waals surface area contributed by atoms with E-state index in [1.165, 1.54) is 0 Å². The van der Waals surface area contributed by atoms with Gasteiger partial charge < -0.3 is 5.32 Å². The maximum atomic E-state index is 12.6. The van der Waals surface area contributed by atoms with Crippen molar-refractivity contribution in [2.75, 3.05) is 13.1 Å². The number of piperidine rings is 1. The van der Waals surface area contributed by atoms with Gasteiger partial charge in [-0.15, -0.1) is 0 Å². The Balaban J connectivity index is 2.38. The number of rotatable bonds is 3. The van der Waals surface area contributed by atoms with E-state index in [9.17, 15) is 8.42 Å². The molecule has 0 spiro atoms. The molecule has 0 bridgehead atoms. The molecule has 0 radical (unpaired) electrons. The molecule has 0 aromatic heterocycles. The average Bonchev–Trinajstić information content (AvgIpc) is 2.37. The van der Waals surface area contributed by atoms with Crippen molar-refractivity contribution in [1.29, 1.82) is 0 Å². The van der Waals surface area contributed by atoms with Gasteiger partial charge >= 0.3 is 0 Å². The van der Waals surface area contributed by atoms with E-state index < -0.39 is 10.0 Å². The minimum Gasteiger partial charge on any atom is -0.315 e. The van der Waals surface area contributed by atoms with E-state index >= 15 is 0 Å². The molecule has 1 aromatic rings. The Hall–Kier alpha value is -0.330. The number of hydrogen-bond acceptors (Lipinski definition) is 3. The smallest absolute Gasteiger partial charge is 0.242 e. The summed E-state index contributed by atoms with van der Waals surface area (Å²) in [6.07, 6.45) is 1.77. The van der Waals surface area contributed by atoms with Crippen LogP contribution < -0.4 is 10.0 Å². The highest BCUT2D eigenvalue weighted by Crippen LogP contribution is 2.33. The Labute approximate surface area is 129 Å². The summed E-state index contributed by atoms with van der Waals surface area (Å²) in [5.41, 5.74) is 1.14. The molecule has 1 unspecified atom stereocenters. The summed E-state index contributed by atoms with van der Waals surface area (Å²) in [5, 5.41) is 3.83. The SMILES string of the molecule is Cc1cc(Cl)c(C)c(S(=O)(=O)NC2CCCNC2)c1Cl. The van der Waals surface area contributed by atoms with Gasteiger partial charge in [-0.2, -0.15) is 0 Å². The number of hydrogen-bond donors (Lipinski definition) is 2. The highest BCUT2D eigenvalue weighted by Gasteiger charge is 2.27. The molecule has 112 valence electrons. The lowest BCUT2D eigenvalue weighted by molar-refractivity contribution is 0.428. The van der Waals surface area contributed by atoms with Gasteiger partial charge in [0, 0.05) is 17.6 Å². The lowest BCUT2D eigenvalue weighted by Crippen LogP contribution is -2.45. The van der Waals surface area contributed by atoms with E-state index in [2.05, 4.69) is 10.0 Å². The van der Waals surface area contributed by atoms with Crippen LogP contribution in [-0.2, 0) is 10.0 Å². The van der Waals surface area contributed by atoms with Crippen molar-refractivity contribution < 1.29 is 8.42 Å². The van der Waals surface area contributed by atoms with Crippen LogP contribution >= 0.6 is 23.2 Å². The van der Waals surface area contributed by atoms with E-state index in [4.69, 9.17) is 23.2 Å². The zero-order chi connectivity index (χ0) is 14.9. The zero-order valence-corrected chi connectivity index (χ0v) is 13.8. The molecule has 0 aliphatic carbocycles. The van der Waals surface area contributed by atoms with Gasteiger partial charge in [0.1, 0.15) is 4.90 Å². The first-order valence-electron chi connectivity index (χ1n) is 6.51. The second kappa shape index (κ2) is 6.20. The fraction of sp³-hybridized carbons (Fsp3) is 0.538. The molecule has 1 aliphatic heterocycles. The van der Waals surface area contributed by atoms with Crippen molar-refractivity contribution in [3.8, 4) is 0 Å². The molecule has 1 fully saturated rings. The molecule has 1 heterocycles. The minimum atomic E-state index is -3.67. The Kier molecular flexibility index (Phi) is 4.97. The molecule has 1 atom stereocenters. The van der Waals surface area contributed by atoms with Gasteiger partial charge in [0.2, 0.25) is 10.0 Å². The van der Waals surface area contributed by atoms with Gasteiger partial charge in [0.25, 0.3) is 0 Å². The molecule has 0 saturated carbocycles. The molecule has 4 nitrogen and oxygen atoms in total. The van der Waals surface area contributed by atoms with Crippen LogP contribution in [0.25, 0.3) is 0 Å². The highest BCUT2D eigenvalue weighted by molar-refractivity contribution is 7.89. The quantitative estimate of drug-likeness (QED) is 0.891. The van der Waals surface area contributed by atoms with E-state index in [0.717, 1.165) is 19.4 Å². The summed E-state index contributed by atoms with van der Waals surface area (Å²) < 4.78 is 27.8. The van der Waals surface area contributed by atoms with Crippen LogP contribution in [0.2, 0.25) is 10.0 Å². The zero-order valence-electron chi connectivity index (χ0n) is 11.5. The lowest BCUT2D eigenvalue weighted by atomic mass is 10.1. The summed E-state index contributed by atoms with van der Waals surface area (Å²) >= 11 is 12.3. The van der Waals surface area contributed by atoms with Crippen LogP contribution in [-0.4, -0.2) is 27.5 Å². The van der Waals surface area contributed by atoms with Crippen molar-refractivity contribution in [1.82, 2.24) is 10.0 Å². The van der Waals surface area contributed by atoms with Crippen molar-refractivity contribution in [3.63, 3.8) is 0 Å². The molecular weight excluding hydrogens is 319 g/mol. The van der Waals surface area contributed by atoms with Crippen LogP contribution in [0.5, 0.6) is 0 Å². The van der Waals surface area contributed by atoms with E-state index in [1.54, 1.807) is 19.9 Å². The minimum absolute atomic E-state index is 0.0924. The van der Waals surface area contributed by atoms with Gasteiger partial charge in [0.05, 0.1) is 5.02 Å². The molecular formula is C13H18Cl2N2O2S. The summed E-state index contributed by atoms with van der Waals surface area (Å²) in [4.78, 5) is 0.0924. The number of benzene rings is 1. The molecule has 20 heavy (non-hydrogen) atoms. The van der Waals surface area contributed by atoms with Crippen LogP contribution in [0.3, 0.4) is 0 Å². The van der Waals surface area contributed by atoms with Crippen molar-refractivity contribution in [2.45, 2.75) is 37.6 Å². The van der Waals surface area contributed by atoms with Gasteiger partial charge in [-0.25, -0.2) is 13.1 Å². The summed E-state index contributed by atoms with van der Waals surface area (Å²) in [7, 11) is -3.67. The Morgan fingerprint density at radius 2 is 2.05 bits per heavy atom. The fourth-order valence-corrected chi connectivity index (χ4v) is 4.85. The molecule has 2 rings (SSSR count). The van der Waals surface area contributed by atoms with Crippen LogP contribution in [0.4, 0.5) is 0 Å². The van der Waals surface area contributed by atoms with Gasteiger partial charge in [-0.1, -0.05) is 23.2 Å². The second-order valence-electron chi connectivity index (χ2n) is 5.11. The van der Waals surface area contributed by atoms with Gasteiger partial charge in [-0.3, -0.25) is 0 Å². The Bertz CT molecular complexity index is 585. The van der Waals surface area contributed by atoms with Gasteiger partial charge in [-0.05, 0) is 50.4 Å². The fourth-order valence-electron chi connectivity index (χ4n) is 2.36. The summed E-state index contributed by atoms with van der Waals surface area (Å²) in [6.45, 7) is 4.97. The predicted molar refractivity (Wildman–Crippen MR) is 82.1 cm³/mol. The maximum Gasteiger partial charge on any atom is 0.242 e. The predicted octanol–water partition coefficient (Wildman–Crippen LogP) is 2.64. The molecule has 1 aliphatic rings. The molecule has 1 saturated heterocycles. The number of sulfonamides is 1. The molecule has 2 N–H and O–H groups in total. The van der Waals surface area contributed by atoms with E-state index in [1.807, 2.05) is 0 Å². The van der Waals surface area contributed by atoms with Crippen molar-refractivity contribution in [2.24, 2.45) is 0 Å². The van der Waals surface area contributed by atoms with Crippen molar-refractivity contribution >= 4 is 33.2 Å². The maximum absolute atomic E-state index is 12.6. The highest BCUT2D eigenvalue weighted by atomic mass is 35.5. The topological polar surface area (TPSA) is 58.2 Å². The third-order valence-electron chi connectivity index (χ3n) is 3.48.